The SMILES string of the molecule is O=Cc1cn(C(c2ccccc2)(c2ccccc2)c2ccccc2)cn1.[H-].[Na+]. The fourth-order valence-electron chi connectivity index (χ4n) is 3.57. The molecule has 0 aliphatic heterocycles. The smallest absolute Gasteiger partial charge is 1.00 e. The molecule has 0 bridgehead atoms. The quantitative estimate of drug-likeness (QED) is 0.307. The standard InChI is InChI=1S/C23H18N2O.Na.H/c26-17-22-16-25(18-24-22)23(19-10-4-1-5-11-19,20-12-6-2-7-13-20)21-14-8-3-9-15-21;;/h1-18H;;/q;+1;-1. The van der Waals surface area contributed by atoms with Gasteiger partial charge in [0.2, 0.25) is 0 Å². The van der Waals surface area contributed by atoms with Crippen molar-refractivity contribution in [1.29, 1.82) is 0 Å². The Bertz CT molecular complexity index is 908. The van der Waals surface area contributed by atoms with Crippen molar-refractivity contribution in [2.75, 3.05) is 0 Å². The van der Waals surface area contributed by atoms with Crippen LogP contribution in [0, 0.1) is 0 Å². The molecular weight excluding hydrogens is 343 g/mol. The van der Waals surface area contributed by atoms with Crippen LogP contribution in [0.15, 0.2) is 104 Å². The Balaban J connectivity index is 0.00000140. The summed E-state index contributed by atoms with van der Waals surface area (Å²) in [5.74, 6) is 0. The van der Waals surface area contributed by atoms with Gasteiger partial charge >= 0.3 is 29.6 Å². The number of benzene rings is 3. The zero-order valence-electron chi connectivity index (χ0n) is 16.2. The van der Waals surface area contributed by atoms with Gasteiger partial charge in [0, 0.05) is 6.20 Å². The van der Waals surface area contributed by atoms with Crippen molar-refractivity contribution in [1.82, 2.24) is 9.55 Å². The van der Waals surface area contributed by atoms with Crippen molar-refractivity contribution in [2.45, 2.75) is 5.54 Å². The van der Waals surface area contributed by atoms with Gasteiger partial charge in [0.05, 0.1) is 6.33 Å². The molecule has 0 aliphatic carbocycles. The van der Waals surface area contributed by atoms with Crippen LogP contribution in [-0.2, 0) is 5.54 Å². The average Bonchev–Trinajstić information content (AvgIpc) is 3.21. The van der Waals surface area contributed by atoms with Crippen molar-refractivity contribution in [3.05, 3.63) is 126 Å². The molecule has 0 spiro atoms. The first-order chi connectivity index (χ1) is 12.9. The Labute approximate surface area is 182 Å². The molecule has 0 saturated carbocycles. The van der Waals surface area contributed by atoms with Crippen LogP contribution in [0.2, 0.25) is 0 Å². The van der Waals surface area contributed by atoms with E-state index in [0.717, 1.165) is 23.0 Å². The van der Waals surface area contributed by atoms with E-state index in [1.165, 1.54) is 0 Å². The van der Waals surface area contributed by atoms with Gasteiger partial charge in [0.15, 0.2) is 6.29 Å². The molecule has 1 aromatic heterocycles. The number of hydrogen-bond donors (Lipinski definition) is 0. The summed E-state index contributed by atoms with van der Waals surface area (Å²) in [6.07, 6.45) is 4.32. The summed E-state index contributed by atoms with van der Waals surface area (Å²) in [5.41, 5.74) is 3.11. The van der Waals surface area contributed by atoms with E-state index in [4.69, 9.17) is 0 Å². The molecule has 0 radical (unpaired) electrons. The van der Waals surface area contributed by atoms with Gasteiger partial charge in [0.1, 0.15) is 11.2 Å². The summed E-state index contributed by atoms with van der Waals surface area (Å²) in [6.45, 7) is 0. The fraction of sp³-hybridized carbons (Fsp3) is 0.0435. The zero-order chi connectivity index (χ0) is 17.8. The molecule has 0 aliphatic rings. The van der Waals surface area contributed by atoms with Crippen LogP contribution < -0.4 is 29.6 Å². The first kappa shape index (κ1) is 19.3. The number of hydrogen-bond acceptors (Lipinski definition) is 2. The Kier molecular flexibility index (Phi) is 6.07. The third-order valence-corrected chi connectivity index (χ3v) is 4.69. The van der Waals surface area contributed by atoms with Crippen LogP contribution in [0.4, 0.5) is 0 Å². The molecule has 4 aromatic rings. The van der Waals surface area contributed by atoms with Gasteiger partial charge in [-0.1, -0.05) is 91.0 Å². The second kappa shape index (κ2) is 8.49. The topological polar surface area (TPSA) is 34.9 Å². The van der Waals surface area contributed by atoms with Crippen molar-refractivity contribution in [3.8, 4) is 0 Å². The Hall–Kier alpha value is -2.46. The van der Waals surface area contributed by atoms with Crippen LogP contribution in [0.3, 0.4) is 0 Å². The third kappa shape index (κ3) is 3.42. The number of imidazole rings is 1. The molecule has 27 heavy (non-hydrogen) atoms. The minimum absolute atomic E-state index is 0. The number of rotatable bonds is 5. The number of carbonyl (C=O) groups is 1. The summed E-state index contributed by atoms with van der Waals surface area (Å²) < 4.78 is 2.02. The molecule has 3 nitrogen and oxygen atoms in total. The largest absolute Gasteiger partial charge is 1.00 e. The summed E-state index contributed by atoms with van der Waals surface area (Å²) in [7, 11) is 0. The van der Waals surface area contributed by atoms with Gasteiger partial charge in [-0.15, -0.1) is 0 Å². The van der Waals surface area contributed by atoms with Crippen molar-refractivity contribution >= 4 is 6.29 Å². The van der Waals surface area contributed by atoms with Gasteiger partial charge in [0.25, 0.3) is 0 Å². The van der Waals surface area contributed by atoms with Crippen LogP contribution in [0.1, 0.15) is 28.6 Å². The van der Waals surface area contributed by atoms with Gasteiger partial charge in [-0.25, -0.2) is 4.98 Å². The monoisotopic (exact) mass is 362 g/mol. The molecular formula is C23H19N2NaO. The summed E-state index contributed by atoms with van der Waals surface area (Å²) in [4.78, 5) is 15.6. The molecule has 4 heteroatoms. The number of aromatic nitrogens is 2. The number of carbonyl (C=O) groups excluding carboxylic acids is 1. The maximum absolute atomic E-state index is 11.3. The van der Waals surface area contributed by atoms with Crippen molar-refractivity contribution in [2.24, 2.45) is 0 Å². The second-order valence-corrected chi connectivity index (χ2v) is 6.13. The van der Waals surface area contributed by atoms with Gasteiger partial charge < -0.3 is 5.99 Å². The molecule has 1 heterocycles. The van der Waals surface area contributed by atoms with Crippen LogP contribution in [-0.4, -0.2) is 15.8 Å². The summed E-state index contributed by atoms with van der Waals surface area (Å²) in [5, 5.41) is 0. The normalized spacial score (nSPS) is 10.8. The molecule has 4 rings (SSSR count). The molecule has 0 fully saturated rings. The zero-order valence-corrected chi connectivity index (χ0v) is 17.2. The van der Waals surface area contributed by atoms with Gasteiger partial charge in [-0.3, -0.25) is 4.79 Å². The van der Waals surface area contributed by atoms with E-state index in [9.17, 15) is 4.79 Å². The maximum atomic E-state index is 11.3. The minimum Gasteiger partial charge on any atom is -1.00 e. The average molecular weight is 362 g/mol. The van der Waals surface area contributed by atoms with Crippen LogP contribution in [0.5, 0.6) is 0 Å². The van der Waals surface area contributed by atoms with Crippen molar-refractivity contribution in [3.63, 3.8) is 0 Å². The van der Waals surface area contributed by atoms with Gasteiger partial charge in [-0.05, 0) is 16.7 Å². The van der Waals surface area contributed by atoms with E-state index in [1.54, 1.807) is 12.5 Å². The van der Waals surface area contributed by atoms with E-state index < -0.39 is 5.54 Å². The predicted molar refractivity (Wildman–Crippen MR) is 103 cm³/mol. The Morgan fingerprint density at radius 2 is 1.15 bits per heavy atom. The van der Waals surface area contributed by atoms with E-state index in [0.29, 0.717) is 5.69 Å². The minimum atomic E-state index is -0.613. The number of aldehydes is 1. The maximum Gasteiger partial charge on any atom is 1.00 e. The molecule has 128 valence electrons. The predicted octanol–water partition coefficient (Wildman–Crippen LogP) is 1.65. The Morgan fingerprint density at radius 1 is 0.741 bits per heavy atom. The summed E-state index contributed by atoms with van der Waals surface area (Å²) in [6, 6.07) is 30.9. The van der Waals surface area contributed by atoms with Gasteiger partial charge in [-0.2, -0.15) is 0 Å². The van der Waals surface area contributed by atoms with E-state index in [1.807, 2.05) is 59.2 Å². The molecule has 0 saturated heterocycles. The molecule has 0 unspecified atom stereocenters. The van der Waals surface area contributed by atoms with Crippen molar-refractivity contribution < 1.29 is 35.8 Å². The molecule has 0 atom stereocenters. The van der Waals surface area contributed by atoms with Crippen LogP contribution >= 0.6 is 0 Å². The van der Waals surface area contributed by atoms with E-state index in [2.05, 4.69) is 41.4 Å². The molecule has 3 aromatic carbocycles. The van der Waals surface area contributed by atoms with E-state index in [-0.39, 0.29) is 31.0 Å². The van der Waals surface area contributed by atoms with E-state index >= 15 is 0 Å². The third-order valence-electron chi connectivity index (χ3n) is 4.69. The first-order valence-electron chi connectivity index (χ1n) is 8.52. The second-order valence-electron chi connectivity index (χ2n) is 6.13. The van der Waals surface area contributed by atoms with Crippen LogP contribution in [0.25, 0.3) is 0 Å². The first-order valence-corrected chi connectivity index (χ1v) is 8.52. The number of nitrogens with zero attached hydrogens (tertiary/aromatic N) is 2. The summed E-state index contributed by atoms with van der Waals surface area (Å²) >= 11 is 0. The molecule has 0 N–H and O–H groups in total. The molecule has 0 amide bonds. The Morgan fingerprint density at radius 3 is 1.48 bits per heavy atom. The fourth-order valence-corrected chi connectivity index (χ4v) is 3.57.